The largest absolute Gasteiger partial charge is 0.334 e. The van der Waals surface area contributed by atoms with Crippen molar-refractivity contribution >= 4 is 17.5 Å². The first kappa shape index (κ1) is 13.8. The molecule has 0 aliphatic carbocycles. The monoisotopic (exact) mass is 293 g/mol. The highest BCUT2D eigenvalue weighted by atomic mass is 35.5. The van der Waals surface area contributed by atoms with Gasteiger partial charge >= 0.3 is 0 Å². The third-order valence-electron chi connectivity index (χ3n) is 4.44. The Morgan fingerprint density at radius 2 is 2.10 bits per heavy atom. The molecule has 1 N–H and O–H groups in total. The lowest BCUT2D eigenvalue weighted by molar-refractivity contribution is 0.0625. The van der Waals surface area contributed by atoms with Crippen LogP contribution in [0.15, 0.2) is 18.3 Å². The molecule has 20 heavy (non-hydrogen) atoms. The maximum atomic E-state index is 12.6. The van der Waals surface area contributed by atoms with Gasteiger partial charge in [-0.1, -0.05) is 11.6 Å². The molecule has 2 atom stereocenters. The van der Waals surface area contributed by atoms with Crippen molar-refractivity contribution < 1.29 is 4.79 Å². The van der Waals surface area contributed by atoms with Gasteiger partial charge in [0, 0.05) is 30.9 Å². The van der Waals surface area contributed by atoms with Crippen LogP contribution < -0.4 is 5.32 Å². The molecule has 3 rings (SSSR count). The summed E-state index contributed by atoms with van der Waals surface area (Å²) in [5.74, 6) is 0.0236. The van der Waals surface area contributed by atoms with Gasteiger partial charge in [0.2, 0.25) is 0 Å². The number of hydrogen-bond donors (Lipinski definition) is 1. The van der Waals surface area contributed by atoms with Crippen LogP contribution in [-0.4, -0.2) is 40.5 Å². The summed E-state index contributed by atoms with van der Waals surface area (Å²) >= 11 is 5.83. The second kappa shape index (κ2) is 5.70. The van der Waals surface area contributed by atoms with Crippen LogP contribution in [0.5, 0.6) is 0 Å². The predicted octanol–water partition coefficient (Wildman–Crippen LogP) is 2.48. The molecule has 0 saturated carbocycles. The number of amides is 1. The second-order valence-electron chi connectivity index (χ2n) is 5.72. The molecule has 1 aromatic rings. The average Bonchev–Trinajstić information content (AvgIpc) is 2.79. The molecule has 2 bridgehead atoms. The van der Waals surface area contributed by atoms with E-state index < -0.39 is 0 Å². The average molecular weight is 294 g/mol. The highest BCUT2D eigenvalue weighted by molar-refractivity contribution is 6.30. The van der Waals surface area contributed by atoms with Gasteiger partial charge < -0.3 is 10.2 Å². The lowest BCUT2D eigenvalue weighted by Gasteiger charge is -2.37. The van der Waals surface area contributed by atoms with Crippen molar-refractivity contribution in [3.63, 3.8) is 0 Å². The van der Waals surface area contributed by atoms with Crippen LogP contribution in [0.25, 0.3) is 0 Å². The van der Waals surface area contributed by atoms with Crippen molar-refractivity contribution in [1.29, 1.82) is 0 Å². The van der Waals surface area contributed by atoms with Crippen molar-refractivity contribution in [1.82, 2.24) is 15.2 Å². The van der Waals surface area contributed by atoms with Gasteiger partial charge in [-0.2, -0.15) is 0 Å². The Morgan fingerprint density at radius 1 is 1.40 bits per heavy atom. The Bertz CT molecular complexity index is 478. The molecule has 4 nitrogen and oxygen atoms in total. The van der Waals surface area contributed by atoms with Crippen molar-refractivity contribution in [3.8, 4) is 0 Å². The van der Waals surface area contributed by atoms with E-state index in [-0.39, 0.29) is 5.91 Å². The number of aromatic nitrogens is 1. The van der Waals surface area contributed by atoms with Gasteiger partial charge in [0.25, 0.3) is 5.91 Å². The fourth-order valence-corrected chi connectivity index (χ4v) is 3.61. The van der Waals surface area contributed by atoms with Gasteiger partial charge in [-0.15, -0.1) is 0 Å². The topological polar surface area (TPSA) is 45.2 Å². The minimum absolute atomic E-state index is 0.0236. The zero-order valence-corrected chi connectivity index (χ0v) is 12.4. The van der Waals surface area contributed by atoms with E-state index in [0.29, 0.717) is 28.8 Å². The molecular formula is C15H20ClN3O. The van der Waals surface area contributed by atoms with E-state index >= 15 is 0 Å². The molecule has 1 amide bonds. The number of nitrogens with one attached hydrogen (secondary N) is 1. The molecule has 0 aromatic carbocycles. The molecular weight excluding hydrogens is 274 g/mol. The fourth-order valence-electron chi connectivity index (χ4n) is 3.50. The number of fused-ring (bicyclic) bond motifs is 2. The Morgan fingerprint density at radius 3 is 2.65 bits per heavy atom. The lowest BCUT2D eigenvalue weighted by atomic mass is 9.98. The number of piperidine rings is 1. The van der Waals surface area contributed by atoms with E-state index in [4.69, 9.17) is 11.6 Å². The number of carbonyl (C=O) groups excluding carboxylic acids is 1. The fraction of sp³-hybridized carbons (Fsp3) is 0.600. The quantitative estimate of drug-likeness (QED) is 0.931. The third-order valence-corrected chi connectivity index (χ3v) is 4.66. The molecule has 108 valence electrons. The van der Waals surface area contributed by atoms with Crippen LogP contribution >= 0.6 is 11.6 Å². The molecule has 2 unspecified atom stereocenters. The number of rotatable bonds is 3. The number of hydrogen-bond acceptors (Lipinski definition) is 3. The zero-order chi connectivity index (χ0) is 14.1. The summed E-state index contributed by atoms with van der Waals surface area (Å²) < 4.78 is 0. The van der Waals surface area contributed by atoms with E-state index in [2.05, 4.69) is 10.3 Å². The van der Waals surface area contributed by atoms with Gasteiger partial charge in [0.05, 0.1) is 5.02 Å². The highest BCUT2D eigenvalue weighted by Crippen LogP contribution is 2.30. The van der Waals surface area contributed by atoms with Crippen LogP contribution in [0.3, 0.4) is 0 Å². The van der Waals surface area contributed by atoms with Crippen molar-refractivity contribution in [2.75, 3.05) is 6.54 Å². The van der Waals surface area contributed by atoms with Crippen LogP contribution in [0.1, 0.15) is 43.1 Å². The van der Waals surface area contributed by atoms with E-state index in [1.165, 1.54) is 19.0 Å². The summed E-state index contributed by atoms with van der Waals surface area (Å²) in [6.45, 7) is 2.77. The Hall–Kier alpha value is -1.13. The van der Waals surface area contributed by atoms with Crippen LogP contribution in [0.4, 0.5) is 0 Å². The summed E-state index contributed by atoms with van der Waals surface area (Å²) in [6, 6.07) is 4.94. The molecule has 5 heteroatoms. The highest BCUT2D eigenvalue weighted by Gasteiger charge is 2.37. The summed E-state index contributed by atoms with van der Waals surface area (Å²) in [7, 11) is 0. The predicted molar refractivity (Wildman–Crippen MR) is 78.9 cm³/mol. The standard InChI is InChI=1S/C15H20ClN3O/c1-2-19(13-7-11-4-5-12(8-13)18-11)15(20)14-6-3-10(16)9-17-14/h3,6,9,11-13,18H,2,4-5,7-8H2,1H3. The van der Waals surface area contributed by atoms with Gasteiger partial charge in [-0.25, -0.2) is 4.98 Å². The van der Waals surface area contributed by atoms with Crippen LogP contribution in [0.2, 0.25) is 5.02 Å². The first-order chi connectivity index (χ1) is 9.67. The van der Waals surface area contributed by atoms with E-state index in [9.17, 15) is 4.79 Å². The summed E-state index contributed by atoms with van der Waals surface area (Å²) in [5, 5.41) is 4.17. The first-order valence-corrected chi connectivity index (χ1v) is 7.73. The SMILES string of the molecule is CCN(C(=O)c1ccc(Cl)cn1)C1CC2CCC(C1)N2. The third kappa shape index (κ3) is 2.67. The summed E-state index contributed by atoms with van der Waals surface area (Å²) in [6.07, 6.45) is 6.14. The number of carbonyl (C=O) groups is 1. The second-order valence-corrected chi connectivity index (χ2v) is 6.15. The Balaban J connectivity index is 1.75. The minimum atomic E-state index is 0.0236. The van der Waals surface area contributed by atoms with E-state index in [1.54, 1.807) is 12.1 Å². The summed E-state index contributed by atoms with van der Waals surface area (Å²) in [4.78, 5) is 18.8. The van der Waals surface area contributed by atoms with Crippen LogP contribution in [0, 0.1) is 0 Å². The first-order valence-electron chi connectivity index (χ1n) is 7.36. The molecule has 2 fully saturated rings. The number of pyridine rings is 1. The van der Waals surface area contributed by atoms with Crippen LogP contribution in [-0.2, 0) is 0 Å². The van der Waals surface area contributed by atoms with Gasteiger partial charge in [-0.05, 0) is 44.7 Å². The smallest absolute Gasteiger partial charge is 0.272 e. The number of nitrogens with zero attached hydrogens (tertiary/aromatic N) is 2. The van der Waals surface area contributed by atoms with E-state index in [1.807, 2.05) is 11.8 Å². The van der Waals surface area contributed by atoms with Gasteiger partial charge in [0.1, 0.15) is 5.69 Å². The Labute approximate surface area is 124 Å². The Kier molecular flexibility index (Phi) is 3.94. The molecule has 1 aromatic heterocycles. The lowest BCUT2D eigenvalue weighted by Crippen LogP contribution is -2.50. The minimum Gasteiger partial charge on any atom is -0.334 e. The van der Waals surface area contributed by atoms with Gasteiger partial charge in [-0.3, -0.25) is 4.79 Å². The number of halogens is 1. The van der Waals surface area contributed by atoms with Crippen molar-refractivity contribution in [3.05, 3.63) is 29.0 Å². The molecule has 2 aliphatic heterocycles. The molecule has 2 saturated heterocycles. The molecule has 0 radical (unpaired) electrons. The summed E-state index contributed by atoms with van der Waals surface area (Å²) in [5.41, 5.74) is 0.488. The van der Waals surface area contributed by atoms with Crippen molar-refractivity contribution in [2.45, 2.75) is 50.7 Å². The maximum absolute atomic E-state index is 12.6. The molecule has 2 aliphatic rings. The normalized spacial score (nSPS) is 28.4. The molecule has 0 spiro atoms. The van der Waals surface area contributed by atoms with E-state index in [0.717, 1.165) is 19.4 Å². The zero-order valence-electron chi connectivity index (χ0n) is 11.7. The maximum Gasteiger partial charge on any atom is 0.272 e. The van der Waals surface area contributed by atoms with Gasteiger partial charge in [0.15, 0.2) is 0 Å². The molecule has 3 heterocycles. The van der Waals surface area contributed by atoms with Crippen molar-refractivity contribution in [2.24, 2.45) is 0 Å².